The molecule has 28 heavy (non-hydrogen) atoms. The second kappa shape index (κ2) is 9.73. The standard InChI is InChI=1S/C20H24ClN3O4/c1-27-20(26)19(15-4-6-16(21)7-5-15)24-10-8-23(9-11-24)14-18(25)22-13-17-3-2-12-28-17/h2-7,12,19H,8-11,13-14H2,1H3,(H,22,25). The molecular weight excluding hydrogens is 382 g/mol. The van der Waals surface area contributed by atoms with Gasteiger partial charge in [-0.15, -0.1) is 0 Å². The quantitative estimate of drug-likeness (QED) is 0.711. The number of amides is 1. The molecule has 1 aromatic carbocycles. The van der Waals surface area contributed by atoms with Gasteiger partial charge in [0.1, 0.15) is 11.8 Å². The summed E-state index contributed by atoms with van der Waals surface area (Å²) in [6.45, 7) is 3.40. The van der Waals surface area contributed by atoms with Gasteiger partial charge in [0.2, 0.25) is 5.91 Å². The van der Waals surface area contributed by atoms with Gasteiger partial charge in [0.25, 0.3) is 0 Å². The maximum atomic E-state index is 12.4. The summed E-state index contributed by atoms with van der Waals surface area (Å²) in [5, 5.41) is 3.47. The van der Waals surface area contributed by atoms with Crippen molar-refractivity contribution in [2.45, 2.75) is 12.6 Å². The Morgan fingerprint density at radius 1 is 1.18 bits per heavy atom. The molecule has 0 aliphatic carbocycles. The van der Waals surface area contributed by atoms with E-state index in [0.717, 1.165) is 11.3 Å². The molecule has 0 saturated carbocycles. The van der Waals surface area contributed by atoms with Crippen LogP contribution in [0.2, 0.25) is 5.02 Å². The summed E-state index contributed by atoms with van der Waals surface area (Å²) >= 11 is 5.96. The molecule has 1 atom stereocenters. The fourth-order valence-corrected chi connectivity index (χ4v) is 3.42. The first kappa shape index (κ1) is 20.4. The number of rotatable bonds is 7. The van der Waals surface area contributed by atoms with Gasteiger partial charge in [-0.1, -0.05) is 23.7 Å². The third kappa shape index (κ3) is 5.34. The minimum absolute atomic E-state index is 0.0490. The van der Waals surface area contributed by atoms with Gasteiger partial charge in [0.05, 0.1) is 26.5 Å². The third-order valence-corrected chi connectivity index (χ3v) is 5.04. The summed E-state index contributed by atoms with van der Waals surface area (Å²) in [6.07, 6.45) is 1.58. The maximum absolute atomic E-state index is 12.4. The Hall–Kier alpha value is -2.35. The lowest BCUT2D eigenvalue weighted by molar-refractivity contribution is -0.148. The molecule has 0 radical (unpaired) electrons. The molecule has 3 rings (SSSR count). The number of furan rings is 1. The molecule has 1 N–H and O–H groups in total. The number of carbonyl (C=O) groups excluding carboxylic acids is 2. The van der Waals surface area contributed by atoms with Crippen LogP contribution in [0.15, 0.2) is 47.1 Å². The number of hydrogen-bond acceptors (Lipinski definition) is 6. The molecule has 2 aromatic rings. The van der Waals surface area contributed by atoms with Crippen LogP contribution < -0.4 is 5.32 Å². The van der Waals surface area contributed by atoms with Crippen LogP contribution >= 0.6 is 11.6 Å². The number of piperazine rings is 1. The third-order valence-electron chi connectivity index (χ3n) is 4.79. The molecule has 1 unspecified atom stereocenters. The summed E-state index contributed by atoms with van der Waals surface area (Å²) < 4.78 is 10.2. The molecule has 1 aromatic heterocycles. The number of benzene rings is 1. The van der Waals surface area contributed by atoms with Gasteiger partial charge in [0.15, 0.2) is 0 Å². The molecular formula is C20H24ClN3O4. The number of carbonyl (C=O) groups is 2. The van der Waals surface area contributed by atoms with Gasteiger partial charge < -0.3 is 14.5 Å². The van der Waals surface area contributed by atoms with Crippen molar-refractivity contribution >= 4 is 23.5 Å². The fraction of sp³-hybridized carbons (Fsp3) is 0.400. The van der Waals surface area contributed by atoms with Gasteiger partial charge in [-0.3, -0.25) is 14.6 Å². The SMILES string of the molecule is COC(=O)C(c1ccc(Cl)cc1)N1CCN(CC(=O)NCc2ccco2)CC1. The van der Waals surface area contributed by atoms with Gasteiger partial charge in [-0.2, -0.15) is 0 Å². The molecule has 150 valence electrons. The first-order chi connectivity index (χ1) is 13.6. The van der Waals surface area contributed by atoms with Crippen LogP contribution in [0.3, 0.4) is 0 Å². The number of halogens is 1. The summed E-state index contributed by atoms with van der Waals surface area (Å²) in [5.41, 5.74) is 0.848. The van der Waals surface area contributed by atoms with E-state index in [1.54, 1.807) is 24.5 Å². The first-order valence-electron chi connectivity index (χ1n) is 9.15. The van der Waals surface area contributed by atoms with Crippen molar-refractivity contribution in [1.29, 1.82) is 0 Å². The van der Waals surface area contributed by atoms with E-state index in [0.29, 0.717) is 44.3 Å². The number of ether oxygens (including phenoxy) is 1. The molecule has 7 nitrogen and oxygen atoms in total. The molecule has 1 aliphatic heterocycles. The maximum Gasteiger partial charge on any atom is 0.327 e. The minimum Gasteiger partial charge on any atom is -0.468 e. The lowest BCUT2D eigenvalue weighted by Gasteiger charge is -2.38. The Morgan fingerprint density at radius 2 is 1.89 bits per heavy atom. The highest BCUT2D eigenvalue weighted by Gasteiger charge is 2.31. The van der Waals surface area contributed by atoms with Gasteiger partial charge in [-0.05, 0) is 29.8 Å². The number of esters is 1. The highest BCUT2D eigenvalue weighted by molar-refractivity contribution is 6.30. The normalized spacial score (nSPS) is 16.5. The lowest BCUT2D eigenvalue weighted by atomic mass is 10.0. The van der Waals surface area contributed by atoms with Crippen LogP contribution in [0.25, 0.3) is 0 Å². The highest BCUT2D eigenvalue weighted by Crippen LogP contribution is 2.25. The van der Waals surface area contributed by atoms with Crippen LogP contribution in [-0.4, -0.2) is 61.5 Å². The van der Waals surface area contributed by atoms with Crippen LogP contribution in [0.5, 0.6) is 0 Å². The van der Waals surface area contributed by atoms with Gasteiger partial charge in [0, 0.05) is 31.2 Å². The molecule has 1 saturated heterocycles. The van der Waals surface area contributed by atoms with Crippen molar-refractivity contribution in [3.8, 4) is 0 Å². The average molecular weight is 406 g/mol. The Labute approximate surface area is 169 Å². The highest BCUT2D eigenvalue weighted by atomic mass is 35.5. The van der Waals surface area contributed by atoms with Crippen molar-refractivity contribution in [3.05, 3.63) is 59.0 Å². The zero-order valence-corrected chi connectivity index (χ0v) is 16.5. The second-order valence-electron chi connectivity index (χ2n) is 6.65. The number of nitrogens with zero attached hydrogens (tertiary/aromatic N) is 2. The first-order valence-corrected chi connectivity index (χ1v) is 9.53. The topological polar surface area (TPSA) is 75.0 Å². The Kier molecular flexibility index (Phi) is 7.08. The number of methoxy groups -OCH3 is 1. The van der Waals surface area contributed by atoms with E-state index >= 15 is 0 Å². The predicted octanol–water partition coefficient (Wildman–Crippen LogP) is 2.08. The Morgan fingerprint density at radius 3 is 2.50 bits per heavy atom. The van der Waals surface area contributed by atoms with E-state index in [-0.39, 0.29) is 11.9 Å². The lowest BCUT2D eigenvalue weighted by Crippen LogP contribution is -2.51. The fourth-order valence-electron chi connectivity index (χ4n) is 3.29. The molecule has 1 aliphatic rings. The average Bonchev–Trinajstić information content (AvgIpc) is 3.23. The molecule has 0 bridgehead atoms. The van der Waals surface area contributed by atoms with E-state index in [9.17, 15) is 9.59 Å². The zero-order valence-electron chi connectivity index (χ0n) is 15.8. The summed E-state index contributed by atoms with van der Waals surface area (Å²) in [6, 6.07) is 10.4. The molecule has 2 heterocycles. The van der Waals surface area contributed by atoms with E-state index in [1.165, 1.54) is 7.11 Å². The number of nitrogens with one attached hydrogen (secondary N) is 1. The van der Waals surface area contributed by atoms with Crippen molar-refractivity contribution in [3.63, 3.8) is 0 Å². The molecule has 8 heteroatoms. The zero-order chi connectivity index (χ0) is 19.9. The van der Waals surface area contributed by atoms with E-state index < -0.39 is 6.04 Å². The van der Waals surface area contributed by atoms with E-state index in [4.69, 9.17) is 20.8 Å². The summed E-state index contributed by atoms with van der Waals surface area (Å²) in [4.78, 5) is 28.7. The van der Waals surface area contributed by atoms with Gasteiger partial charge >= 0.3 is 5.97 Å². The van der Waals surface area contributed by atoms with Crippen molar-refractivity contribution < 1.29 is 18.7 Å². The molecule has 1 fully saturated rings. The summed E-state index contributed by atoms with van der Waals surface area (Å²) in [7, 11) is 1.39. The van der Waals surface area contributed by atoms with E-state index in [1.807, 2.05) is 18.2 Å². The predicted molar refractivity (Wildman–Crippen MR) is 105 cm³/mol. The largest absolute Gasteiger partial charge is 0.468 e. The second-order valence-corrected chi connectivity index (χ2v) is 7.08. The molecule has 1 amide bonds. The smallest absolute Gasteiger partial charge is 0.327 e. The Balaban J connectivity index is 1.52. The van der Waals surface area contributed by atoms with Gasteiger partial charge in [-0.25, -0.2) is 4.79 Å². The van der Waals surface area contributed by atoms with Crippen molar-refractivity contribution in [2.75, 3.05) is 39.8 Å². The number of hydrogen-bond donors (Lipinski definition) is 1. The van der Waals surface area contributed by atoms with Crippen LogP contribution in [0.1, 0.15) is 17.4 Å². The van der Waals surface area contributed by atoms with Crippen LogP contribution in [0, 0.1) is 0 Å². The Bertz CT molecular complexity index is 771. The summed E-state index contributed by atoms with van der Waals surface area (Å²) in [5.74, 6) is 0.376. The van der Waals surface area contributed by atoms with Crippen LogP contribution in [0.4, 0.5) is 0 Å². The minimum atomic E-state index is -0.475. The monoisotopic (exact) mass is 405 g/mol. The van der Waals surface area contributed by atoms with E-state index in [2.05, 4.69) is 15.1 Å². The van der Waals surface area contributed by atoms with Crippen molar-refractivity contribution in [1.82, 2.24) is 15.1 Å². The molecule has 0 spiro atoms. The van der Waals surface area contributed by atoms with Crippen LogP contribution in [-0.2, 0) is 20.9 Å². The van der Waals surface area contributed by atoms with Crippen molar-refractivity contribution in [2.24, 2.45) is 0 Å².